The van der Waals surface area contributed by atoms with Crippen LogP contribution in [0.4, 0.5) is 5.69 Å². The number of likely N-dealkylation sites (tertiary alicyclic amines) is 1. The van der Waals surface area contributed by atoms with Crippen LogP contribution in [0.3, 0.4) is 0 Å². The van der Waals surface area contributed by atoms with E-state index in [0.29, 0.717) is 18.2 Å². The van der Waals surface area contributed by atoms with Crippen molar-refractivity contribution in [2.45, 2.75) is 25.3 Å². The molecular weight excluding hydrogens is 308 g/mol. The van der Waals surface area contributed by atoms with Crippen LogP contribution in [-0.2, 0) is 4.79 Å². The number of ether oxygens (including phenoxy) is 1. The van der Waals surface area contributed by atoms with Gasteiger partial charge in [0.15, 0.2) is 0 Å². The zero-order valence-electron chi connectivity index (χ0n) is 13.3. The van der Waals surface area contributed by atoms with E-state index in [1.54, 1.807) is 18.4 Å². The Morgan fingerprint density at radius 2 is 2.22 bits per heavy atom. The Hall–Kier alpha value is -1.85. The zero-order valence-corrected chi connectivity index (χ0v) is 14.1. The third kappa shape index (κ3) is 3.92. The van der Waals surface area contributed by atoms with Crippen molar-refractivity contribution in [3.63, 3.8) is 0 Å². The first-order chi connectivity index (χ1) is 11.3. The number of nitrogens with one attached hydrogen (secondary N) is 1. The maximum Gasteiger partial charge on any atom is 0.225 e. The lowest BCUT2D eigenvalue weighted by Gasteiger charge is -2.23. The second-order valence-electron chi connectivity index (χ2n) is 5.71. The lowest BCUT2D eigenvalue weighted by Crippen LogP contribution is -2.27. The molecule has 1 aliphatic heterocycles. The summed E-state index contributed by atoms with van der Waals surface area (Å²) < 4.78 is 5.27. The molecule has 1 atom stereocenters. The van der Waals surface area contributed by atoms with Gasteiger partial charge in [0.1, 0.15) is 5.75 Å². The van der Waals surface area contributed by atoms with Crippen LogP contribution in [0.5, 0.6) is 5.75 Å². The first-order valence-electron chi connectivity index (χ1n) is 7.98. The molecule has 1 N–H and O–H groups in total. The Labute approximate surface area is 141 Å². The van der Waals surface area contributed by atoms with Gasteiger partial charge in [-0.15, -0.1) is 11.3 Å². The summed E-state index contributed by atoms with van der Waals surface area (Å²) in [6.07, 6.45) is 2.89. The highest BCUT2D eigenvalue weighted by Crippen LogP contribution is 2.34. The largest absolute Gasteiger partial charge is 0.495 e. The van der Waals surface area contributed by atoms with Crippen LogP contribution < -0.4 is 10.1 Å². The van der Waals surface area contributed by atoms with Gasteiger partial charge in [-0.2, -0.15) is 0 Å². The molecule has 3 rings (SSSR count). The van der Waals surface area contributed by atoms with E-state index in [1.807, 2.05) is 24.3 Å². The van der Waals surface area contributed by atoms with Crippen LogP contribution in [0, 0.1) is 0 Å². The number of rotatable bonds is 6. The number of benzene rings is 1. The van der Waals surface area contributed by atoms with Gasteiger partial charge in [-0.25, -0.2) is 0 Å². The first-order valence-corrected chi connectivity index (χ1v) is 8.86. The van der Waals surface area contributed by atoms with Gasteiger partial charge in [0.2, 0.25) is 5.91 Å². The molecule has 1 aromatic carbocycles. The van der Waals surface area contributed by atoms with E-state index in [0.717, 1.165) is 18.8 Å². The number of anilines is 1. The van der Waals surface area contributed by atoms with Crippen LogP contribution in [0.2, 0.25) is 0 Å². The summed E-state index contributed by atoms with van der Waals surface area (Å²) in [6, 6.07) is 12.3. The molecule has 2 aromatic rings. The van der Waals surface area contributed by atoms with Gasteiger partial charge in [-0.3, -0.25) is 9.69 Å². The number of thiophene rings is 1. The summed E-state index contributed by atoms with van der Waals surface area (Å²) in [5.41, 5.74) is 0.733. The van der Waals surface area contributed by atoms with E-state index in [1.165, 1.54) is 17.7 Å². The second-order valence-corrected chi connectivity index (χ2v) is 6.69. The Kier molecular flexibility index (Phi) is 5.31. The molecule has 1 fully saturated rings. The molecule has 4 nitrogen and oxygen atoms in total. The summed E-state index contributed by atoms with van der Waals surface area (Å²) in [4.78, 5) is 16.1. The first kappa shape index (κ1) is 16.0. The number of methoxy groups -OCH3 is 1. The molecule has 1 aliphatic rings. The van der Waals surface area contributed by atoms with Crippen molar-refractivity contribution in [2.24, 2.45) is 0 Å². The summed E-state index contributed by atoms with van der Waals surface area (Å²) in [5, 5.41) is 5.07. The quantitative estimate of drug-likeness (QED) is 0.873. The van der Waals surface area contributed by atoms with Crippen LogP contribution in [0.15, 0.2) is 41.8 Å². The van der Waals surface area contributed by atoms with Crippen molar-refractivity contribution in [3.8, 4) is 5.75 Å². The summed E-state index contributed by atoms with van der Waals surface area (Å²) in [6.45, 7) is 1.87. The summed E-state index contributed by atoms with van der Waals surface area (Å²) >= 11 is 1.81. The number of carbonyl (C=O) groups excluding carboxylic acids is 1. The number of carbonyl (C=O) groups is 1. The van der Waals surface area contributed by atoms with Crippen LogP contribution in [0.1, 0.15) is 30.2 Å². The van der Waals surface area contributed by atoms with Crippen molar-refractivity contribution in [2.75, 3.05) is 25.5 Å². The maximum absolute atomic E-state index is 12.2. The fourth-order valence-corrected chi connectivity index (χ4v) is 4.00. The fraction of sp³-hybridized carbons (Fsp3) is 0.389. The van der Waals surface area contributed by atoms with Crippen LogP contribution >= 0.6 is 11.3 Å². The molecule has 0 saturated carbocycles. The predicted octanol–water partition coefficient (Wildman–Crippen LogP) is 3.92. The minimum Gasteiger partial charge on any atom is -0.495 e. The summed E-state index contributed by atoms with van der Waals surface area (Å²) in [5.74, 6) is 0.727. The van der Waals surface area contributed by atoms with Gasteiger partial charge >= 0.3 is 0 Å². The van der Waals surface area contributed by atoms with Crippen molar-refractivity contribution >= 4 is 22.9 Å². The number of hydrogen-bond donors (Lipinski definition) is 1. The molecule has 1 saturated heterocycles. The average Bonchev–Trinajstić information content (AvgIpc) is 3.24. The molecule has 1 aromatic heterocycles. The number of hydrogen-bond acceptors (Lipinski definition) is 4. The van der Waals surface area contributed by atoms with Gasteiger partial charge in [-0.05, 0) is 43.0 Å². The molecule has 23 heavy (non-hydrogen) atoms. The molecular formula is C18H22N2O2S. The van der Waals surface area contributed by atoms with Crippen molar-refractivity contribution in [1.82, 2.24) is 4.90 Å². The van der Waals surface area contributed by atoms with E-state index in [2.05, 4.69) is 27.7 Å². The van der Waals surface area contributed by atoms with Gasteiger partial charge in [-0.1, -0.05) is 18.2 Å². The number of para-hydroxylation sites is 2. The number of amides is 1. The predicted molar refractivity (Wildman–Crippen MR) is 94.1 cm³/mol. The Bertz CT molecular complexity index is 642. The topological polar surface area (TPSA) is 41.6 Å². The monoisotopic (exact) mass is 330 g/mol. The highest BCUT2D eigenvalue weighted by molar-refractivity contribution is 7.10. The standard InChI is InChI=1S/C18H22N2O2S/c1-22-16-8-3-2-6-14(16)19-18(21)10-12-20-11-4-7-15(20)17-9-5-13-23-17/h2-3,5-6,8-9,13,15H,4,7,10-12H2,1H3,(H,19,21). The smallest absolute Gasteiger partial charge is 0.225 e. The Balaban J connectivity index is 1.54. The Morgan fingerprint density at radius 3 is 3.00 bits per heavy atom. The highest BCUT2D eigenvalue weighted by Gasteiger charge is 2.26. The van der Waals surface area contributed by atoms with Gasteiger partial charge < -0.3 is 10.1 Å². The number of nitrogens with zero attached hydrogens (tertiary/aromatic N) is 1. The molecule has 1 amide bonds. The third-order valence-corrected chi connectivity index (χ3v) is 5.22. The zero-order chi connectivity index (χ0) is 16.1. The summed E-state index contributed by atoms with van der Waals surface area (Å²) in [7, 11) is 1.61. The SMILES string of the molecule is COc1ccccc1NC(=O)CCN1CCCC1c1cccs1. The molecule has 0 spiro atoms. The fourth-order valence-electron chi connectivity index (χ4n) is 3.10. The minimum absolute atomic E-state index is 0.0336. The minimum atomic E-state index is 0.0336. The van der Waals surface area contributed by atoms with Crippen LogP contribution in [-0.4, -0.2) is 31.0 Å². The van der Waals surface area contributed by atoms with Crippen molar-refractivity contribution in [1.29, 1.82) is 0 Å². The van der Waals surface area contributed by atoms with Gasteiger partial charge in [0, 0.05) is 23.9 Å². The molecule has 5 heteroatoms. The van der Waals surface area contributed by atoms with E-state index < -0.39 is 0 Å². The molecule has 0 bridgehead atoms. The molecule has 0 radical (unpaired) electrons. The lowest BCUT2D eigenvalue weighted by atomic mass is 10.2. The van der Waals surface area contributed by atoms with E-state index in [-0.39, 0.29) is 5.91 Å². The van der Waals surface area contributed by atoms with Gasteiger partial charge in [0.05, 0.1) is 12.8 Å². The van der Waals surface area contributed by atoms with E-state index in [4.69, 9.17) is 4.74 Å². The van der Waals surface area contributed by atoms with Crippen LogP contribution in [0.25, 0.3) is 0 Å². The highest BCUT2D eigenvalue weighted by atomic mass is 32.1. The molecule has 2 heterocycles. The lowest BCUT2D eigenvalue weighted by molar-refractivity contribution is -0.116. The molecule has 122 valence electrons. The maximum atomic E-state index is 12.2. The second kappa shape index (κ2) is 7.62. The van der Waals surface area contributed by atoms with Gasteiger partial charge in [0.25, 0.3) is 0 Å². The van der Waals surface area contributed by atoms with E-state index >= 15 is 0 Å². The average molecular weight is 330 g/mol. The Morgan fingerprint density at radius 1 is 1.35 bits per heavy atom. The molecule has 0 aliphatic carbocycles. The van der Waals surface area contributed by atoms with E-state index in [9.17, 15) is 4.79 Å². The van der Waals surface area contributed by atoms with Crippen molar-refractivity contribution < 1.29 is 9.53 Å². The van der Waals surface area contributed by atoms with Crippen molar-refractivity contribution in [3.05, 3.63) is 46.7 Å². The third-order valence-electron chi connectivity index (χ3n) is 4.24. The normalized spacial score (nSPS) is 18.0. The molecule has 1 unspecified atom stereocenters.